The lowest BCUT2D eigenvalue weighted by molar-refractivity contribution is 0.632. The average molecular weight is 275 g/mol. The summed E-state index contributed by atoms with van der Waals surface area (Å²) in [5, 5.41) is 11.6. The van der Waals surface area contributed by atoms with E-state index >= 15 is 0 Å². The molecule has 0 saturated heterocycles. The zero-order valence-corrected chi connectivity index (χ0v) is 12.2. The number of aromatic nitrogens is 4. The van der Waals surface area contributed by atoms with Crippen molar-refractivity contribution in [1.29, 1.82) is 0 Å². The largest absolute Gasteiger partial charge is 0.383 e. The SMILES string of the molecule is CCn1cc(Cn2ncc(NCC(C)C)cc2=O)cn1. The van der Waals surface area contributed by atoms with Crippen molar-refractivity contribution in [3.63, 3.8) is 0 Å². The molecule has 2 rings (SSSR count). The zero-order valence-electron chi connectivity index (χ0n) is 12.2. The summed E-state index contributed by atoms with van der Waals surface area (Å²) in [4.78, 5) is 12.0. The quantitative estimate of drug-likeness (QED) is 0.869. The fourth-order valence-corrected chi connectivity index (χ4v) is 1.80. The number of aryl methyl sites for hydroxylation is 1. The Balaban J connectivity index is 2.07. The fourth-order valence-electron chi connectivity index (χ4n) is 1.80. The summed E-state index contributed by atoms with van der Waals surface area (Å²) >= 11 is 0. The van der Waals surface area contributed by atoms with Gasteiger partial charge in [-0.3, -0.25) is 9.48 Å². The summed E-state index contributed by atoms with van der Waals surface area (Å²) in [5.74, 6) is 0.525. The number of nitrogens with one attached hydrogen (secondary N) is 1. The van der Waals surface area contributed by atoms with Crippen LogP contribution in [0.2, 0.25) is 0 Å². The molecule has 0 saturated carbocycles. The smallest absolute Gasteiger partial charge is 0.269 e. The molecule has 0 aromatic carbocycles. The van der Waals surface area contributed by atoms with Gasteiger partial charge < -0.3 is 5.32 Å². The number of anilines is 1. The summed E-state index contributed by atoms with van der Waals surface area (Å²) in [6, 6.07) is 1.58. The third-order valence-electron chi connectivity index (χ3n) is 2.93. The second-order valence-corrected chi connectivity index (χ2v) is 5.22. The average Bonchev–Trinajstić information content (AvgIpc) is 2.87. The molecular weight excluding hydrogens is 254 g/mol. The molecule has 0 spiro atoms. The Hall–Kier alpha value is -2.11. The molecule has 1 N–H and O–H groups in total. The van der Waals surface area contributed by atoms with Crippen LogP contribution >= 0.6 is 0 Å². The summed E-state index contributed by atoms with van der Waals surface area (Å²) in [7, 11) is 0. The minimum absolute atomic E-state index is 0.108. The Bertz CT molecular complexity index is 614. The van der Waals surface area contributed by atoms with E-state index in [1.807, 2.05) is 17.8 Å². The van der Waals surface area contributed by atoms with E-state index in [1.54, 1.807) is 18.5 Å². The minimum Gasteiger partial charge on any atom is -0.383 e. The lowest BCUT2D eigenvalue weighted by Crippen LogP contribution is -2.23. The third-order valence-corrected chi connectivity index (χ3v) is 2.93. The number of hydrogen-bond donors (Lipinski definition) is 1. The Labute approximate surface area is 118 Å². The van der Waals surface area contributed by atoms with E-state index < -0.39 is 0 Å². The highest BCUT2D eigenvalue weighted by Gasteiger charge is 2.04. The maximum absolute atomic E-state index is 12.0. The van der Waals surface area contributed by atoms with Crippen LogP contribution in [0.4, 0.5) is 5.69 Å². The molecule has 0 fully saturated rings. The van der Waals surface area contributed by atoms with E-state index in [0.29, 0.717) is 12.5 Å². The summed E-state index contributed by atoms with van der Waals surface area (Å²) < 4.78 is 3.27. The number of rotatable bonds is 6. The molecule has 2 aromatic heterocycles. The van der Waals surface area contributed by atoms with Crippen molar-refractivity contribution in [2.75, 3.05) is 11.9 Å². The van der Waals surface area contributed by atoms with Gasteiger partial charge in [-0.05, 0) is 12.8 Å². The van der Waals surface area contributed by atoms with Gasteiger partial charge in [-0.2, -0.15) is 10.2 Å². The van der Waals surface area contributed by atoms with Crippen molar-refractivity contribution in [2.45, 2.75) is 33.9 Å². The topological polar surface area (TPSA) is 64.7 Å². The molecule has 108 valence electrons. The van der Waals surface area contributed by atoms with E-state index in [2.05, 4.69) is 29.4 Å². The maximum Gasteiger partial charge on any atom is 0.269 e. The highest BCUT2D eigenvalue weighted by molar-refractivity contribution is 5.38. The second kappa shape index (κ2) is 6.36. The molecule has 0 aliphatic carbocycles. The van der Waals surface area contributed by atoms with Crippen LogP contribution in [0.15, 0.2) is 29.5 Å². The summed E-state index contributed by atoms with van der Waals surface area (Å²) in [6.07, 6.45) is 5.38. The van der Waals surface area contributed by atoms with Gasteiger partial charge >= 0.3 is 0 Å². The van der Waals surface area contributed by atoms with Crippen LogP contribution in [-0.4, -0.2) is 26.1 Å². The van der Waals surface area contributed by atoms with Crippen LogP contribution < -0.4 is 10.9 Å². The van der Waals surface area contributed by atoms with Crippen LogP contribution in [-0.2, 0) is 13.1 Å². The first-order valence-electron chi connectivity index (χ1n) is 6.91. The molecule has 6 nitrogen and oxygen atoms in total. The lowest BCUT2D eigenvalue weighted by atomic mass is 10.2. The highest BCUT2D eigenvalue weighted by atomic mass is 16.1. The first kappa shape index (κ1) is 14.3. The van der Waals surface area contributed by atoms with Crippen LogP contribution in [0.3, 0.4) is 0 Å². The number of hydrogen-bond acceptors (Lipinski definition) is 4. The molecule has 0 aliphatic heterocycles. The van der Waals surface area contributed by atoms with Gasteiger partial charge in [-0.15, -0.1) is 0 Å². The third kappa shape index (κ3) is 3.69. The van der Waals surface area contributed by atoms with E-state index in [0.717, 1.165) is 24.3 Å². The molecule has 0 bridgehead atoms. The Morgan fingerprint density at radius 3 is 2.70 bits per heavy atom. The molecule has 0 unspecified atom stereocenters. The first-order chi connectivity index (χ1) is 9.58. The van der Waals surface area contributed by atoms with Gasteiger partial charge in [0.25, 0.3) is 5.56 Å². The van der Waals surface area contributed by atoms with Gasteiger partial charge in [0.05, 0.1) is 24.6 Å². The van der Waals surface area contributed by atoms with Gasteiger partial charge in [0, 0.05) is 30.9 Å². The van der Waals surface area contributed by atoms with Gasteiger partial charge in [-0.25, -0.2) is 4.68 Å². The second-order valence-electron chi connectivity index (χ2n) is 5.22. The van der Waals surface area contributed by atoms with E-state index in [4.69, 9.17) is 0 Å². The molecule has 0 atom stereocenters. The monoisotopic (exact) mass is 275 g/mol. The first-order valence-corrected chi connectivity index (χ1v) is 6.91. The van der Waals surface area contributed by atoms with Gasteiger partial charge in [0.15, 0.2) is 0 Å². The van der Waals surface area contributed by atoms with Crippen LogP contribution in [0.25, 0.3) is 0 Å². The van der Waals surface area contributed by atoms with Crippen LogP contribution in [0.5, 0.6) is 0 Å². The number of nitrogens with zero attached hydrogens (tertiary/aromatic N) is 4. The Kier molecular flexibility index (Phi) is 4.55. The maximum atomic E-state index is 12.0. The van der Waals surface area contributed by atoms with Crippen LogP contribution in [0.1, 0.15) is 26.3 Å². The van der Waals surface area contributed by atoms with Gasteiger partial charge in [0.2, 0.25) is 0 Å². The lowest BCUT2D eigenvalue weighted by Gasteiger charge is -2.09. The molecule has 2 heterocycles. The molecule has 0 radical (unpaired) electrons. The van der Waals surface area contributed by atoms with Crippen molar-refractivity contribution >= 4 is 5.69 Å². The van der Waals surface area contributed by atoms with Crippen LogP contribution in [0, 0.1) is 5.92 Å². The van der Waals surface area contributed by atoms with Crippen molar-refractivity contribution in [3.05, 3.63) is 40.6 Å². The molecule has 2 aromatic rings. The highest BCUT2D eigenvalue weighted by Crippen LogP contribution is 2.03. The van der Waals surface area contributed by atoms with Crippen molar-refractivity contribution < 1.29 is 0 Å². The van der Waals surface area contributed by atoms with Gasteiger partial charge in [0.1, 0.15) is 0 Å². The molecular formula is C14H21N5O. The van der Waals surface area contributed by atoms with Crippen molar-refractivity contribution in [2.24, 2.45) is 5.92 Å². The molecule has 0 amide bonds. The molecule has 0 aliphatic rings. The van der Waals surface area contributed by atoms with E-state index in [1.165, 1.54) is 4.68 Å². The van der Waals surface area contributed by atoms with Gasteiger partial charge in [-0.1, -0.05) is 13.8 Å². The van der Waals surface area contributed by atoms with Crippen molar-refractivity contribution in [1.82, 2.24) is 19.6 Å². The Morgan fingerprint density at radius 1 is 1.30 bits per heavy atom. The van der Waals surface area contributed by atoms with E-state index in [-0.39, 0.29) is 5.56 Å². The summed E-state index contributed by atoms with van der Waals surface area (Å²) in [5.41, 5.74) is 1.64. The predicted octanol–water partition coefficient (Wildman–Crippen LogP) is 1.58. The predicted molar refractivity (Wildman–Crippen MR) is 78.8 cm³/mol. The van der Waals surface area contributed by atoms with Crippen molar-refractivity contribution in [3.8, 4) is 0 Å². The minimum atomic E-state index is -0.108. The van der Waals surface area contributed by atoms with E-state index in [9.17, 15) is 4.79 Å². The molecule has 6 heteroatoms. The fraction of sp³-hybridized carbons (Fsp3) is 0.500. The summed E-state index contributed by atoms with van der Waals surface area (Å²) in [6.45, 7) is 8.36. The standard InChI is InChI=1S/C14H21N5O/c1-4-18-9-12(7-16-18)10-19-14(20)5-13(8-17-19)15-6-11(2)3/h5,7-9,11,15H,4,6,10H2,1-3H3. The molecule has 20 heavy (non-hydrogen) atoms. The zero-order chi connectivity index (χ0) is 14.5. The normalized spacial score (nSPS) is 11.0. The Morgan fingerprint density at radius 2 is 2.10 bits per heavy atom.